The standard InChI is InChI=1S/C16H31N/c1-3-7-14(2)12-16(10-5-4-6-11-16)13-17-15-8-9-15/h14-15,17H,3-13H2,1-2H3. The van der Waals surface area contributed by atoms with Gasteiger partial charge in [-0.3, -0.25) is 0 Å². The maximum atomic E-state index is 3.81. The molecule has 2 fully saturated rings. The Morgan fingerprint density at radius 2 is 1.88 bits per heavy atom. The lowest BCUT2D eigenvalue weighted by molar-refractivity contribution is 0.138. The minimum absolute atomic E-state index is 0.662. The molecule has 1 nitrogen and oxygen atoms in total. The van der Waals surface area contributed by atoms with Crippen LogP contribution in [0.25, 0.3) is 0 Å². The third kappa shape index (κ3) is 4.28. The van der Waals surface area contributed by atoms with Crippen molar-refractivity contribution < 1.29 is 0 Å². The van der Waals surface area contributed by atoms with Crippen LogP contribution < -0.4 is 5.32 Å². The molecule has 17 heavy (non-hydrogen) atoms. The van der Waals surface area contributed by atoms with Crippen LogP contribution >= 0.6 is 0 Å². The van der Waals surface area contributed by atoms with Crippen LogP contribution in [-0.2, 0) is 0 Å². The smallest absolute Gasteiger partial charge is 0.00684 e. The van der Waals surface area contributed by atoms with Crippen molar-refractivity contribution in [3.05, 3.63) is 0 Å². The van der Waals surface area contributed by atoms with E-state index in [0.717, 1.165) is 12.0 Å². The third-order valence-corrected chi connectivity index (χ3v) is 4.82. The Bertz CT molecular complexity index is 214. The Kier molecular flexibility index (Phi) is 4.90. The van der Waals surface area contributed by atoms with Crippen molar-refractivity contribution in [1.29, 1.82) is 0 Å². The minimum atomic E-state index is 0.662. The first-order chi connectivity index (χ1) is 8.24. The van der Waals surface area contributed by atoms with Gasteiger partial charge in [-0.05, 0) is 43.4 Å². The highest BCUT2D eigenvalue weighted by Gasteiger charge is 2.34. The molecule has 2 rings (SSSR count). The van der Waals surface area contributed by atoms with Gasteiger partial charge in [0.2, 0.25) is 0 Å². The quantitative estimate of drug-likeness (QED) is 0.686. The first-order valence-corrected chi connectivity index (χ1v) is 7.97. The van der Waals surface area contributed by atoms with Gasteiger partial charge < -0.3 is 5.32 Å². The molecule has 0 heterocycles. The summed E-state index contributed by atoms with van der Waals surface area (Å²) in [5.74, 6) is 0.930. The molecule has 0 radical (unpaired) electrons. The Hall–Kier alpha value is -0.0400. The van der Waals surface area contributed by atoms with E-state index >= 15 is 0 Å². The summed E-state index contributed by atoms with van der Waals surface area (Å²) in [6.07, 6.45) is 14.5. The normalized spacial score (nSPS) is 25.8. The van der Waals surface area contributed by atoms with E-state index in [0.29, 0.717) is 5.41 Å². The topological polar surface area (TPSA) is 12.0 Å². The summed E-state index contributed by atoms with van der Waals surface area (Å²) in [5.41, 5.74) is 0.662. The molecule has 1 unspecified atom stereocenters. The van der Waals surface area contributed by atoms with Crippen molar-refractivity contribution in [2.24, 2.45) is 11.3 Å². The van der Waals surface area contributed by atoms with Crippen molar-refractivity contribution in [2.75, 3.05) is 6.54 Å². The van der Waals surface area contributed by atoms with E-state index in [1.807, 2.05) is 0 Å². The Morgan fingerprint density at radius 3 is 2.47 bits per heavy atom. The zero-order chi connectivity index (χ0) is 12.1. The fourth-order valence-corrected chi connectivity index (χ4v) is 3.74. The molecular formula is C16H31N. The second-order valence-electron chi connectivity index (χ2n) is 6.81. The summed E-state index contributed by atoms with van der Waals surface area (Å²) in [5, 5.41) is 3.81. The second kappa shape index (κ2) is 6.22. The summed E-state index contributed by atoms with van der Waals surface area (Å²) in [6.45, 7) is 6.11. The maximum absolute atomic E-state index is 3.81. The van der Waals surface area contributed by atoms with E-state index in [1.165, 1.54) is 70.8 Å². The van der Waals surface area contributed by atoms with Crippen molar-refractivity contribution >= 4 is 0 Å². The van der Waals surface area contributed by atoms with Gasteiger partial charge in [0.25, 0.3) is 0 Å². The summed E-state index contributed by atoms with van der Waals surface area (Å²) in [7, 11) is 0. The fourth-order valence-electron chi connectivity index (χ4n) is 3.74. The van der Waals surface area contributed by atoms with E-state index in [2.05, 4.69) is 19.2 Å². The molecule has 0 aromatic carbocycles. The Morgan fingerprint density at radius 1 is 1.18 bits per heavy atom. The maximum Gasteiger partial charge on any atom is 0.00684 e. The summed E-state index contributed by atoms with van der Waals surface area (Å²) < 4.78 is 0. The van der Waals surface area contributed by atoms with Crippen molar-refractivity contribution in [2.45, 2.75) is 84.1 Å². The molecule has 0 bridgehead atoms. The van der Waals surface area contributed by atoms with Gasteiger partial charge in [0.05, 0.1) is 0 Å². The predicted molar refractivity (Wildman–Crippen MR) is 75.2 cm³/mol. The molecule has 0 aliphatic heterocycles. The van der Waals surface area contributed by atoms with Gasteiger partial charge >= 0.3 is 0 Å². The average Bonchev–Trinajstić information content (AvgIpc) is 3.12. The average molecular weight is 237 g/mol. The highest BCUT2D eigenvalue weighted by atomic mass is 15.0. The molecule has 0 saturated heterocycles. The molecule has 100 valence electrons. The van der Waals surface area contributed by atoms with Gasteiger partial charge in [-0.1, -0.05) is 46.0 Å². The van der Waals surface area contributed by atoms with Gasteiger partial charge in [0.15, 0.2) is 0 Å². The van der Waals surface area contributed by atoms with Crippen molar-refractivity contribution in [3.63, 3.8) is 0 Å². The summed E-state index contributed by atoms with van der Waals surface area (Å²) in [6, 6.07) is 0.885. The van der Waals surface area contributed by atoms with E-state index in [9.17, 15) is 0 Å². The number of rotatable bonds is 7. The van der Waals surface area contributed by atoms with Crippen LogP contribution in [-0.4, -0.2) is 12.6 Å². The Labute approximate surface area is 108 Å². The van der Waals surface area contributed by atoms with Crippen molar-refractivity contribution in [1.82, 2.24) is 5.32 Å². The van der Waals surface area contributed by atoms with Gasteiger partial charge in [0.1, 0.15) is 0 Å². The van der Waals surface area contributed by atoms with Crippen LogP contribution in [0.2, 0.25) is 0 Å². The SMILES string of the molecule is CCCC(C)CC1(CNC2CC2)CCCCC1. The van der Waals surface area contributed by atoms with Crippen LogP contribution in [0.5, 0.6) is 0 Å². The molecule has 1 heteroatoms. The van der Waals surface area contributed by atoms with E-state index in [1.54, 1.807) is 0 Å². The van der Waals surface area contributed by atoms with Gasteiger partial charge in [-0.15, -0.1) is 0 Å². The molecule has 0 amide bonds. The van der Waals surface area contributed by atoms with Crippen LogP contribution in [0.4, 0.5) is 0 Å². The fraction of sp³-hybridized carbons (Fsp3) is 1.00. The Balaban J connectivity index is 1.84. The van der Waals surface area contributed by atoms with E-state index in [4.69, 9.17) is 0 Å². The molecule has 2 aliphatic rings. The lowest BCUT2D eigenvalue weighted by Gasteiger charge is -2.40. The zero-order valence-electron chi connectivity index (χ0n) is 11.9. The van der Waals surface area contributed by atoms with E-state index in [-0.39, 0.29) is 0 Å². The third-order valence-electron chi connectivity index (χ3n) is 4.82. The highest BCUT2D eigenvalue weighted by molar-refractivity contribution is 4.90. The summed E-state index contributed by atoms with van der Waals surface area (Å²) in [4.78, 5) is 0. The van der Waals surface area contributed by atoms with Crippen LogP contribution in [0.1, 0.15) is 78.1 Å². The number of hydrogen-bond acceptors (Lipinski definition) is 1. The lowest BCUT2D eigenvalue weighted by atomic mass is 9.68. The van der Waals surface area contributed by atoms with Gasteiger partial charge in [-0.25, -0.2) is 0 Å². The molecule has 1 atom stereocenters. The van der Waals surface area contributed by atoms with Crippen molar-refractivity contribution in [3.8, 4) is 0 Å². The van der Waals surface area contributed by atoms with E-state index < -0.39 is 0 Å². The molecule has 1 N–H and O–H groups in total. The van der Waals surface area contributed by atoms with Crippen LogP contribution in [0, 0.1) is 11.3 Å². The highest BCUT2D eigenvalue weighted by Crippen LogP contribution is 2.42. The van der Waals surface area contributed by atoms with Gasteiger partial charge in [0, 0.05) is 12.6 Å². The second-order valence-corrected chi connectivity index (χ2v) is 6.81. The van der Waals surface area contributed by atoms with Crippen LogP contribution in [0.15, 0.2) is 0 Å². The van der Waals surface area contributed by atoms with Gasteiger partial charge in [-0.2, -0.15) is 0 Å². The summed E-state index contributed by atoms with van der Waals surface area (Å²) >= 11 is 0. The van der Waals surface area contributed by atoms with Crippen LogP contribution in [0.3, 0.4) is 0 Å². The largest absolute Gasteiger partial charge is 0.313 e. The molecule has 0 aromatic rings. The minimum Gasteiger partial charge on any atom is -0.313 e. The molecule has 2 aliphatic carbocycles. The first-order valence-electron chi connectivity index (χ1n) is 7.97. The molecular weight excluding hydrogens is 206 g/mol. The monoisotopic (exact) mass is 237 g/mol. The lowest BCUT2D eigenvalue weighted by Crippen LogP contribution is -2.38. The predicted octanol–water partition coefficient (Wildman–Crippen LogP) is 4.52. The molecule has 2 saturated carbocycles. The number of hydrogen-bond donors (Lipinski definition) is 1. The number of nitrogens with one attached hydrogen (secondary N) is 1. The molecule has 0 aromatic heterocycles. The molecule has 0 spiro atoms. The first kappa shape index (κ1) is 13.4. The zero-order valence-corrected chi connectivity index (χ0v) is 11.9.